The molecular weight excluding hydrogens is 174 g/mol. The van der Waals surface area contributed by atoms with E-state index in [2.05, 4.69) is 10.2 Å². The average molecular weight is 190 g/mol. The van der Waals surface area contributed by atoms with Crippen LogP contribution in [-0.2, 0) is 0 Å². The van der Waals surface area contributed by atoms with Gasteiger partial charge >= 0.3 is 0 Å². The van der Waals surface area contributed by atoms with Crippen molar-refractivity contribution in [3.8, 4) is 0 Å². The van der Waals surface area contributed by atoms with E-state index in [1.165, 1.54) is 0 Å². The lowest BCUT2D eigenvalue weighted by Gasteiger charge is -2.42. The van der Waals surface area contributed by atoms with Gasteiger partial charge in [-0.2, -0.15) is 0 Å². The summed E-state index contributed by atoms with van der Waals surface area (Å²) in [5.74, 6) is -2.37. The molecular formula is C9H16F2N2. The monoisotopic (exact) mass is 190 g/mol. The van der Waals surface area contributed by atoms with Crippen LogP contribution in [0.15, 0.2) is 0 Å². The molecule has 0 spiro atoms. The molecule has 1 saturated heterocycles. The lowest BCUT2D eigenvalue weighted by Crippen LogP contribution is -2.51. The van der Waals surface area contributed by atoms with Gasteiger partial charge < -0.3 is 5.32 Å². The number of rotatable bonds is 1. The summed E-state index contributed by atoms with van der Waals surface area (Å²) in [6, 6.07) is 0.148. The fourth-order valence-corrected chi connectivity index (χ4v) is 2.12. The van der Waals surface area contributed by atoms with Gasteiger partial charge in [0.05, 0.1) is 0 Å². The van der Waals surface area contributed by atoms with Crippen molar-refractivity contribution in [1.82, 2.24) is 10.2 Å². The Morgan fingerprint density at radius 2 is 1.92 bits per heavy atom. The Kier molecular flexibility index (Phi) is 2.51. The number of hydrogen-bond donors (Lipinski definition) is 1. The number of nitrogens with one attached hydrogen (secondary N) is 1. The first kappa shape index (κ1) is 9.34. The first-order valence-electron chi connectivity index (χ1n) is 5.00. The largest absolute Gasteiger partial charge is 0.315 e. The third kappa shape index (κ3) is 2.17. The summed E-state index contributed by atoms with van der Waals surface area (Å²) in [4.78, 5) is 2.21. The zero-order valence-corrected chi connectivity index (χ0v) is 7.73. The van der Waals surface area contributed by atoms with E-state index in [0.29, 0.717) is 0 Å². The summed E-state index contributed by atoms with van der Waals surface area (Å²) >= 11 is 0. The summed E-state index contributed by atoms with van der Waals surface area (Å²) in [5, 5.41) is 3.27. The van der Waals surface area contributed by atoms with Crippen LogP contribution in [0.3, 0.4) is 0 Å². The summed E-state index contributed by atoms with van der Waals surface area (Å²) in [5.41, 5.74) is 0. The van der Waals surface area contributed by atoms with Crippen LogP contribution in [0, 0.1) is 0 Å². The maximum Gasteiger partial charge on any atom is 0.251 e. The smallest absolute Gasteiger partial charge is 0.251 e. The third-order valence-corrected chi connectivity index (χ3v) is 2.96. The number of halogens is 2. The Morgan fingerprint density at radius 3 is 2.62 bits per heavy atom. The van der Waals surface area contributed by atoms with Gasteiger partial charge in [-0.15, -0.1) is 0 Å². The molecule has 0 aromatic heterocycles. The molecule has 1 aliphatic heterocycles. The van der Waals surface area contributed by atoms with Gasteiger partial charge in [-0.1, -0.05) is 0 Å². The fraction of sp³-hybridized carbons (Fsp3) is 1.00. The Bertz CT molecular complexity index is 168. The highest BCUT2D eigenvalue weighted by molar-refractivity contribution is 4.93. The van der Waals surface area contributed by atoms with Crippen molar-refractivity contribution in [2.75, 3.05) is 26.2 Å². The van der Waals surface area contributed by atoms with Crippen LogP contribution in [0.25, 0.3) is 0 Å². The van der Waals surface area contributed by atoms with Gasteiger partial charge in [-0.25, -0.2) is 8.78 Å². The quantitative estimate of drug-likeness (QED) is 0.665. The van der Waals surface area contributed by atoms with Crippen molar-refractivity contribution >= 4 is 0 Å². The van der Waals surface area contributed by atoms with Gasteiger partial charge in [0.2, 0.25) is 0 Å². The molecule has 2 rings (SSSR count). The van der Waals surface area contributed by atoms with Gasteiger partial charge in [0.1, 0.15) is 0 Å². The van der Waals surface area contributed by atoms with E-state index in [1.54, 1.807) is 0 Å². The highest BCUT2D eigenvalue weighted by atomic mass is 19.3. The molecule has 1 heterocycles. The van der Waals surface area contributed by atoms with Crippen molar-refractivity contribution in [1.29, 1.82) is 0 Å². The molecule has 0 radical (unpaired) electrons. The van der Waals surface area contributed by atoms with E-state index in [1.807, 2.05) is 0 Å². The molecule has 13 heavy (non-hydrogen) atoms. The number of alkyl halides is 2. The van der Waals surface area contributed by atoms with Gasteiger partial charge in [-0.05, 0) is 19.5 Å². The van der Waals surface area contributed by atoms with E-state index in [-0.39, 0.29) is 18.9 Å². The number of nitrogens with zero attached hydrogens (tertiary/aromatic N) is 1. The third-order valence-electron chi connectivity index (χ3n) is 2.96. The van der Waals surface area contributed by atoms with Crippen LogP contribution >= 0.6 is 0 Å². The van der Waals surface area contributed by atoms with Crippen molar-refractivity contribution in [2.24, 2.45) is 0 Å². The lowest BCUT2D eigenvalue weighted by molar-refractivity contribution is -0.123. The summed E-state index contributed by atoms with van der Waals surface area (Å²) < 4.78 is 25.2. The number of hydrogen-bond acceptors (Lipinski definition) is 2. The normalized spacial score (nSPS) is 30.9. The van der Waals surface area contributed by atoms with Gasteiger partial charge in [0.25, 0.3) is 5.92 Å². The second kappa shape index (κ2) is 3.50. The lowest BCUT2D eigenvalue weighted by atomic mass is 9.87. The van der Waals surface area contributed by atoms with E-state index >= 15 is 0 Å². The first-order chi connectivity index (χ1) is 6.17. The van der Waals surface area contributed by atoms with Crippen molar-refractivity contribution in [2.45, 2.75) is 31.2 Å². The summed E-state index contributed by atoms with van der Waals surface area (Å²) in [6.45, 7) is 3.89. The van der Waals surface area contributed by atoms with Crippen LogP contribution in [0.4, 0.5) is 8.78 Å². The van der Waals surface area contributed by atoms with Gasteiger partial charge in [-0.3, -0.25) is 4.90 Å². The molecule has 0 unspecified atom stereocenters. The molecule has 1 saturated carbocycles. The van der Waals surface area contributed by atoms with Crippen molar-refractivity contribution in [3.63, 3.8) is 0 Å². The minimum Gasteiger partial charge on any atom is -0.315 e. The Morgan fingerprint density at radius 1 is 1.15 bits per heavy atom. The van der Waals surface area contributed by atoms with Crippen LogP contribution in [0.2, 0.25) is 0 Å². The molecule has 2 nitrogen and oxygen atoms in total. The molecule has 0 aromatic rings. The SMILES string of the molecule is FC1(F)CC(N2CCCNCC2)C1. The second-order valence-corrected chi connectivity index (χ2v) is 4.06. The maximum absolute atomic E-state index is 12.6. The molecule has 2 fully saturated rings. The molecule has 76 valence electrons. The highest BCUT2D eigenvalue weighted by Crippen LogP contribution is 2.40. The molecule has 1 aliphatic carbocycles. The zero-order valence-electron chi connectivity index (χ0n) is 7.73. The molecule has 0 bridgehead atoms. The molecule has 2 aliphatic rings. The second-order valence-electron chi connectivity index (χ2n) is 4.06. The standard InChI is InChI=1S/C9H16F2N2/c10-9(11)6-8(7-9)13-4-1-2-12-3-5-13/h8,12H,1-7H2. The summed E-state index contributed by atoms with van der Waals surface area (Å²) in [7, 11) is 0. The fourth-order valence-electron chi connectivity index (χ4n) is 2.12. The van der Waals surface area contributed by atoms with Crippen LogP contribution in [0.5, 0.6) is 0 Å². The Hall–Kier alpha value is -0.220. The molecule has 4 heteroatoms. The minimum absolute atomic E-state index is 0.0764. The predicted octanol–water partition coefficient (Wildman–Crippen LogP) is 1.08. The van der Waals surface area contributed by atoms with Crippen LogP contribution in [-0.4, -0.2) is 43.0 Å². The average Bonchev–Trinajstić information content (AvgIpc) is 2.26. The molecule has 0 aromatic carbocycles. The molecule has 0 atom stereocenters. The Balaban J connectivity index is 1.80. The molecule has 1 N–H and O–H groups in total. The van der Waals surface area contributed by atoms with Crippen LogP contribution in [0.1, 0.15) is 19.3 Å². The highest BCUT2D eigenvalue weighted by Gasteiger charge is 2.47. The van der Waals surface area contributed by atoms with E-state index < -0.39 is 5.92 Å². The maximum atomic E-state index is 12.6. The molecule has 0 amide bonds. The first-order valence-corrected chi connectivity index (χ1v) is 5.00. The van der Waals surface area contributed by atoms with Gasteiger partial charge in [0, 0.05) is 32.0 Å². The van der Waals surface area contributed by atoms with E-state index in [0.717, 1.165) is 32.6 Å². The summed E-state index contributed by atoms with van der Waals surface area (Å²) in [6.07, 6.45) is 1.24. The van der Waals surface area contributed by atoms with Crippen molar-refractivity contribution in [3.05, 3.63) is 0 Å². The van der Waals surface area contributed by atoms with E-state index in [9.17, 15) is 8.78 Å². The van der Waals surface area contributed by atoms with Crippen molar-refractivity contribution < 1.29 is 8.78 Å². The van der Waals surface area contributed by atoms with Gasteiger partial charge in [0.15, 0.2) is 0 Å². The zero-order chi connectivity index (χ0) is 9.31. The van der Waals surface area contributed by atoms with Crippen LogP contribution < -0.4 is 5.32 Å². The van der Waals surface area contributed by atoms with E-state index in [4.69, 9.17) is 0 Å². The predicted molar refractivity (Wildman–Crippen MR) is 47.0 cm³/mol. The Labute approximate surface area is 77.3 Å². The minimum atomic E-state index is -2.37. The topological polar surface area (TPSA) is 15.3 Å².